The number of hydrogen-bond acceptors (Lipinski definition) is 3. The average Bonchev–Trinajstić information content (AvgIpc) is 3.23. The van der Waals surface area contributed by atoms with Crippen molar-refractivity contribution in [1.82, 2.24) is 4.90 Å². The van der Waals surface area contributed by atoms with Gasteiger partial charge in [0.1, 0.15) is 12.4 Å². The molecule has 0 aromatic heterocycles. The molecule has 0 radical (unpaired) electrons. The molecule has 1 aliphatic heterocycles. The van der Waals surface area contributed by atoms with Crippen molar-refractivity contribution in [3.8, 4) is 5.75 Å². The van der Waals surface area contributed by atoms with E-state index in [4.69, 9.17) is 10.5 Å². The summed E-state index contributed by atoms with van der Waals surface area (Å²) in [6, 6.07) is 17.7. The second-order valence-corrected chi connectivity index (χ2v) is 7.13. The van der Waals surface area contributed by atoms with E-state index in [2.05, 4.69) is 0 Å². The Morgan fingerprint density at radius 3 is 2.60 bits per heavy atom. The van der Waals surface area contributed by atoms with Crippen molar-refractivity contribution >= 4 is 5.91 Å². The van der Waals surface area contributed by atoms with Gasteiger partial charge in [-0.1, -0.05) is 36.4 Å². The summed E-state index contributed by atoms with van der Waals surface area (Å²) in [5.41, 5.74) is 7.88. The van der Waals surface area contributed by atoms with Crippen LogP contribution in [0.4, 0.5) is 0 Å². The first kappa shape index (κ1) is 16.2. The van der Waals surface area contributed by atoms with E-state index in [1.807, 2.05) is 59.5 Å². The van der Waals surface area contributed by atoms with Crippen LogP contribution in [0.2, 0.25) is 0 Å². The minimum absolute atomic E-state index is 0.105. The number of hydrogen-bond donors (Lipinski definition) is 1. The van der Waals surface area contributed by atoms with Crippen LogP contribution < -0.4 is 10.5 Å². The summed E-state index contributed by atoms with van der Waals surface area (Å²) in [6.45, 7) is 2.02. The molecule has 2 N–H and O–H groups in total. The molecule has 4 rings (SSSR count). The van der Waals surface area contributed by atoms with E-state index in [0.29, 0.717) is 18.4 Å². The van der Waals surface area contributed by atoms with Crippen LogP contribution in [0, 0.1) is 11.8 Å². The first-order valence-corrected chi connectivity index (χ1v) is 9.03. The Hall–Kier alpha value is -2.33. The van der Waals surface area contributed by atoms with Gasteiger partial charge >= 0.3 is 0 Å². The molecule has 2 aliphatic rings. The maximum atomic E-state index is 13.0. The Kier molecular flexibility index (Phi) is 4.45. The number of likely N-dealkylation sites (tertiary alicyclic amines) is 1. The van der Waals surface area contributed by atoms with Crippen molar-refractivity contribution in [1.29, 1.82) is 0 Å². The van der Waals surface area contributed by atoms with E-state index >= 15 is 0 Å². The molecule has 130 valence electrons. The molecule has 2 fully saturated rings. The van der Waals surface area contributed by atoms with Crippen molar-refractivity contribution < 1.29 is 9.53 Å². The van der Waals surface area contributed by atoms with Crippen molar-refractivity contribution in [2.75, 3.05) is 13.1 Å². The summed E-state index contributed by atoms with van der Waals surface area (Å²) in [5.74, 6) is 1.96. The van der Waals surface area contributed by atoms with Crippen LogP contribution in [0.1, 0.15) is 28.8 Å². The lowest BCUT2D eigenvalue weighted by Gasteiger charge is -2.20. The maximum absolute atomic E-state index is 13.0. The average molecular weight is 336 g/mol. The van der Waals surface area contributed by atoms with Gasteiger partial charge in [0.2, 0.25) is 0 Å². The minimum atomic E-state index is 0.105. The number of nitrogens with zero attached hydrogens (tertiary/aromatic N) is 1. The van der Waals surface area contributed by atoms with Crippen LogP contribution in [0.5, 0.6) is 5.75 Å². The van der Waals surface area contributed by atoms with Gasteiger partial charge in [-0.3, -0.25) is 4.79 Å². The highest BCUT2D eigenvalue weighted by Crippen LogP contribution is 2.37. The van der Waals surface area contributed by atoms with Crippen LogP contribution >= 0.6 is 0 Å². The zero-order valence-electron chi connectivity index (χ0n) is 14.3. The summed E-state index contributed by atoms with van der Waals surface area (Å²) in [4.78, 5) is 15.0. The molecule has 1 amide bonds. The van der Waals surface area contributed by atoms with Crippen LogP contribution in [-0.4, -0.2) is 29.9 Å². The Bertz CT molecular complexity index is 747. The Morgan fingerprint density at radius 2 is 1.80 bits per heavy atom. The van der Waals surface area contributed by atoms with Gasteiger partial charge in [0.25, 0.3) is 5.91 Å². The van der Waals surface area contributed by atoms with Crippen LogP contribution in [0.25, 0.3) is 0 Å². The van der Waals surface area contributed by atoms with E-state index < -0.39 is 0 Å². The Balaban J connectivity index is 1.48. The molecule has 1 saturated carbocycles. The third kappa shape index (κ3) is 3.27. The van der Waals surface area contributed by atoms with Crippen molar-refractivity contribution in [2.24, 2.45) is 17.6 Å². The lowest BCUT2D eigenvalue weighted by molar-refractivity contribution is 0.0777. The van der Waals surface area contributed by atoms with Crippen LogP contribution in [-0.2, 0) is 6.61 Å². The molecule has 1 aliphatic carbocycles. The molecule has 0 bridgehead atoms. The highest BCUT2D eigenvalue weighted by atomic mass is 16.5. The second kappa shape index (κ2) is 6.89. The molecule has 2 aromatic rings. The molecular weight excluding hydrogens is 312 g/mol. The highest BCUT2D eigenvalue weighted by Gasteiger charge is 2.42. The fourth-order valence-corrected chi connectivity index (χ4v) is 4.18. The highest BCUT2D eigenvalue weighted by molar-refractivity contribution is 5.95. The summed E-state index contributed by atoms with van der Waals surface area (Å²) in [6.07, 6.45) is 2.24. The predicted molar refractivity (Wildman–Crippen MR) is 97.3 cm³/mol. The standard InChI is InChI=1S/C21H24N2O2/c22-20-11-10-15-12-23(13-19(15)20)21(24)18-9-5-4-6-16(18)14-25-17-7-2-1-3-8-17/h1-9,15,19-20H,10-14,22H2. The van der Waals surface area contributed by atoms with Gasteiger partial charge in [-0.15, -0.1) is 0 Å². The van der Waals surface area contributed by atoms with Gasteiger partial charge < -0.3 is 15.4 Å². The zero-order chi connectivity index (χ0) is 17.2. The summed E-state index contributed by atoms with van der Waals surface area (Å²) in [5, 5.41) is 0. The van der Waals surface area contributed by atoms with E-state index in [1.54, 1.807) is 0 Å². The molecule has 3 unspecified atom stereocenters. The summed E-state index contributed by atoms with van der Waals surface area (Å²) in [7, 11) is 0. The van der Waals surface area contributed by atoms with E-state index in [1.165, 1.54) is 0 Å². The second-order valence-electron chi connectivity index (χ2n) is 7.13. The smallest absolute Gasteiger partial charge is 0.254 e. The van der Waals surface area contributed by atoms with E-state index in [9.17, 15) is 4.79 Å². The number of fused-ring (bicyclic) bond motifs is 1. The van der Waals surface area contributed by atoms with Gasteiger partial charge in [-0.05, 0) is 42.9 Å². The number of benzene rings is 2. The fraction of sp³-hybridized carbons (Fsp3) is 0.381. The normalized spacial score (nSPS) is 25.0. The number of nitrogens with two attached hydrogens (primary N) is 1. The molecule has 1 saturated heterocycles. The molecule has 3 atom stereocenters. The van der Waals surface area contributed by atoms with Crippen molar-refractivity contribution in [3.05, 3.63) is 65.7 Å². The largest absolute Gasteiger partial charge is 0.489 e. The molecule has 25 heavy (non-hydrogen) atoms. The Morgan fingerprint density at radius 1 is 1.04 bits per heavy atom. The first-order chi connectivity index (χ1) is 12.2. The minimum Gasteiger partial charge on any atom is -0.489 e. The van der Waals surface area contributed by atoms with Gasteiger partial charge in [0.15, 0.2) is 0 Å². The molecular formula is C21H24N2O2. The van der Waals surface area contributed by atoms with Gasteiger partial charge in [0.05, 0.1) is 0 Å². The fourth-order valence-electron chi connectivity index (χ4n) is 4.18. The SMILES string of the molecule is NC1CCC2CN(C(=O)c3ccccc3COc3ccccc3)CC12. The molecule has 2 aromatic carbocycles. The monoisotopic (exact) mass is 336 g/mol. The third-order valence-corrected chi connectivity index (χ3v) is 5.58. The quantitative estimate of drug-likeness (QED) is 0.933. The molecule has 4 heteroatoms. The number of carbonyl (C=O) groups excluding carboxylic acids is 1. The van der Waals surface area contributed by atoms with E-state index in [0.717, 1.165) is 42.8 Å². The maximum Gasteiger partial charge on any atom is 0.254 e. The number of rotatable bonds is 4. The first-order valence-electron chi connectivity index (χ1n) is 9.03. The summed E-state index contributed by atoms with van der Waals surface area (Å²) >= 11 is 0. The van der Waals surface area contributed by atoms with Gasteiger partial charge in [0, 0.05) is 30.3 Å². The molecule has 1 heterocycles. The van der Waals surface area contributed by atoms with Gasteiger partial charge in [-0.2, -0.15) is 0 Å². The number of ether oxygens (including phenoxy) is 1. The van der Waals surface area contributed by atoms with Crippen LogP contribution in [0.3, 0.4) is 0 Å². The van der Waals surface area contributed by atoms with Crippen molar-refractivity contribution in [2.45, 2.75) is 25.5 Å². The third-order valence-electron chi connectivity index (χ3n) is 5.58. The molecule has 0 spiro atoms. The zero-order valence-corrected chi connectivity index (χ0v) is 14.3. The van der Waals surface area contributed by atoms with Crippen LogP contribution in [0.15, 0.2) is 54.6 Å². The predicted octanol–water partition coefficient (Wildman–Crippen LogP) is 3.07. The van der Waals surface area contributed by atoms with Gasteiger partial charge in [-0.25, -0.2) is 0 Å². The lowest BCUT2D eigenvalue weighted by Crippen LogP contribution is -2.34. The summed E-state index contributed by atoms with van der Waals surface area (Å²) < 4.78 is 5.85. The number of amides is 1. The topological polar surface area (TPSA) is 55.6 Å². The van der Waals surface area contributed by atoms with E-state index in [-0.39, 0.29) is 11.9 Å². The van der Waals surface area contributed by atoms with Crippen molar-refractivity contribution in [3.63, 3.8) is 0 Å². The lowest BCUT2D eigenvalue weighted by atomic mass is 9.98. The number of para-hydroxylation sites is 1. The Labute approximate surface area is 148 Å². The number of carbonyl (C=O) groups is 1. The molecule has 4 nitrogen and oxygen atoms in total.